The Morgan fingerprint density at radius 3 is 2.56 bits per heavy atom. The molecule has 2 aromatic heterocycles. The molecular formula is C19H20F3N5. The number of hydrogen-bond acceptors (Lipinski definition) is 4. The van der Waals surface area contributed by atoms with Crippen LogP contribution in [0.4, 0.5) is 19.0 Å². The molecule has 1 aliphatic rings. The number of rotatable bonds is 2. The van der Waals surface area contributed by atoms with Crippen molar-refractivity contribution in [2.24, 2.45) is 12.8 Å². The van der Waals surface area contributed by atoms with E-state index in [1.807, 2.05) is 35.6 Å². The highest BCUT2D eigenvalue weighted by Gasteiger charge is 2.31. The molecule has 27 heavy (non-hydrogen) atoms. The van der Waals surface area contributed by atoms with Crippen molar-refractivity contribution in [3.63, 3.8) is 0 Å². The second kappa shape index (κ2) is 6.53. The SMILES string of the molecule is Cc1nc2ccc(N3CCC(c4cc(F)c(F)cc4F)C(N)C3)nc2n1C. The second-order valence-electron chi connectivity index (χ2n) is 7.02. The highest BCUT2D eigenvalue weighted by atomic mass is 19.2. The third-order valence-corrected chi connectivity index (χ3v) is 5.35. The third kappa shape index (κ3) is 3.03. The maximum Gasteiger partial charge on any atom is 0.162 e. The number of imidazole rings is 1. The molecule has 2 unspecified atom stereocenters. The lowest BCUT2D eigenvalue weighted by atomic mass is 9.85. The average Bonchev–Trinajstić information content (AvgIpc) is 2.92. The number of hydrogen-bond donors (Lipinski definition) is 1. The number of aryl methyl sites for hydroxylation is 2. The van der Waals surface area contributed by atoms with Gasteiger partial charge in [-0.3, -0.25) is 0 Å². The van der Waals surface area contributed by atoms with Gasteiger partial charge in [-0.05, 0) is 37.1 Å². The van der Waals surface area contributed by atoms with Crippen molar-refractivity contribution in [2.75, 3.05) is 18.0 Å². The van der Waals surface area contributed by atoms with Gasteiger partial charge in [-0.1, -0.05) is 0 Å². The normalized spacial score (nSPS) is 20.4. The van der Waals surface area contributed by atoms with E-state index >= 15 is 0 Å². The predicted molar refractivity (Wildman–Crippen MR) is 97.1 cm³/mol. The lowest BCUT2D eigenvalue weighted by molar-refractivity contribution is 0.416. The molecule has 2 atom stereocenters. The minimum atomic E-state index is -1.19. The van der Waals surface area contributed by atoms with Gasteiger partial charge < -0.3 is 15.2 Å². The molecule has 0 bridgehead atoms. The first-order valence-electron chi connectivity index (χ1n) is 8.80. The van der Waals surface area contributed by atoms with Gasteiger partial charge in [0.05, 0.1) is 0 Å². The van der Waals surface area contributed by atoms with Crippen LogP contribution in [-0.2, 0) is 7.05 Å². The molecule has 0 amide bonds. The minimum Gasteiger partial charge on any atom is -0.355 e. The van der Waals surface area contributed by atoms with Crippen LogP contribution in [0.3, 0.4) is 0 Å². The topological polar surface area (TPSA) is 60.0 Å². The summed E-state index contributed by atoms with van der Waals surface area (Å²) in [6, 6.07) is 4.89. The number of piperidine rings is 1. The Morgan fingerprint density at radius 2 is 1.81 bits per heavy atom. The van der Waals surface area contributed by atoms with Gasteiger partial charge in [-0.15, -0.1) is 0 Å². The van der Waals surface area contributed by atoms with Gasteiger partial charge in [0.2, 0.25) is 0 Å². The number of nitrogens with zero attached hydrogens (tertiary/aromatic N) is 4. The zero-order chi connectivity index (χ0) is 19.3. The average molecular weight is 375 g/mol. The number of pyridine rings is 1. The first-order valence-corrected chi connectivity index (χ1v) is 8.80. The highest BCUT2D eigenvalue weighted by molar-refractivity contribution is 5.74. The van der Waals surface area contributed by atoms with E-state index in [0.717, 1.165) is 28.9 Å². The molecule has 2 N–H and O–H groups in total. The summed E-state index contributed by atoms with van der Waals surface area (Å²) in [6.07, 6.45) is 0.521. The van der Waals surface area contributed by atoms with Gasteiger partial charge in [-0.25, -0.2) is 23.1 Å². The molecule has 4 rings (SSSR count). The van der Waals surface area contributed by atoms with E-state index in [-0.39, 0.29) is 11.5 Å². The third-order valence-electron chi connectivity index (χ3n) is 5.35. The second-order valence-corrected chi connectivity index (χ2v) is 7.02. The summed E-state index contributed by atoms with van der Waals surface area (Å²) in [5.41, 5.74) is 8.01. The van der Waals surface area contributed by atoms with Gasteiger partial charge in [0, 0.05) is 38.2 Å². The van der Waals surface area contributed by atoms with Crippen LogP contribution in [-0.4, -0.2) is 33.7 Å². The first-order chi connectivity index (χ1) is 12.8. The van der Waals surface area contributed by atoms with E-state index in [2.05, 4.69) is 9.97 Å². The van der Waals surface area contributed by atoms with Gasteiger partial charge in [0.25, 0.3) is 0 Å². The van der Waals surface area contributed by atoms with Crippen LogP contribution in [0.15, 0.2) is 24.3 Å². The van der Waals surface area contributed by atoms with Crippen molar-refractivity contribution in [3.05, 3.63) is 53.1 Å². The zero-order valence-electron chi connectivity index (χ0n) is 15.1. The quantitative estimate of drug-likeness (QED) is 0.700. The first kappa shape index (κ1) is 17.8. The fourth-order valence-corrected chi connectivity index (χ4v) is 3.74. The molecule has 1 aliphatic heterocycles. The van der Waals surface area contributed by atoms with E-state index in [4.69, 9.17) is 5.73 Å². The largest absolute Gasteiger partial charge is 0.355 e. The fraction of sp³-hybridized carbons (Fsp3) is 0.368. The maximum absolute atomic E-state index is 14.1. The molecular weight excluding hydrogens is 355 g/mol. The van der Waals surface area contributed by atoms with Crippen molar-refractivity contribution in [1.29, 1.82) is 0 Å². The fourth-order valence-electron chi connectivity index (χ4n) is 3.74. The number of anilines is 1. The highest BCUT2D eigenvalue weighted by Crippen LogP contribution is 2.32. The van der Waals surface area contributed by atoms with Crippen LogP contribution < -0.4 is 10.6 Å². The molecule has 0 radical (unpaired) electrons. The van der Waals surface area contributed by atoms with Crippen LogP contribution in [0.25, 0.3) is 11.2 Å². The van der Waals surface area contributed by atoms with Crippen molar-refractivity contribution in [3.8, 4) is 0 Å². The lowest BCUT2D eigenvalue weighted by Crippen LogP contribution is -2.48. The Hall–Kier alpha value is -2.61. The molecule has 8 heteroatoms. The number of halogens is 3. The van der Waals surface area contributed by atoms with Crippen LogP contribution in [0.5, 0.6) is 0 Å². The summed E-state index contributed by atoms with van der Waals surface area (Å²) in [4.78, 5) is 11.2. The van der Waals surface area contributed by atoms with Crippen molar-refractivity contribution in [1.82, 2.24) is 14.5 Å². The predicted octanol–water partition coefficient (Wildman–Crippen LogP) is 3.02. The molecule has 0 aliphatic carbocycles. The van der Waals surface area contributed by atoms with Crippen molar-refractivity contribution >= 4 is 17.0 Å². The van der Waals surface area contributed by atoms with Crippen LogP contribution in [0.1, 0.15) is 23.7 Å². The van der Waals surface area contributed by atoms with Gasteiger partial charge in [-0.2, -0.15) is 0 Å². The van der Waals surface area contributed by atoms with Crippen molar-refractivity contribution in [2.45, 2.75) is 25.3 Å². The standard InChI is InChI=1S/C19H20F3N5/c1-10-24-17-3-4-18(25-19(17)26(10)2)27-6-5-11(16(23)9-27)12-7-14(21)15(22)8-13(12)20/h3-4,7-8,11,16H,5-6,9,23H2,1-2H3. The van der Waals surface area contributed by atoms with Crippen LogP contribution in [0, 0.1) is 24.4 Å². The number of aromatic nitrogens is 3. The van der Waals surface area contributed by atoms with Crippen LogP contribution >= 0.6 is 0 Å². The molecule has 5 nitrogen and oxygen atoms in total. The Labute approximate surface area is 154 Å². The van der Waals surface area contributed by atoms with Gasteiger partial charge in [0.1, 0.15) is 23.0 Å². The summed E-state index contributed by atoms with van der Waals surface area (Å²) in [5, 5.41) is 0. The van der Waals surface area contributed by atoms with Gasteiger partial charge >= 0.3 is 0 Å². The van der Waals surface area contributed by atoms with Crippen LogP contribution in [0.2, 0.25) is 0 Å². The smallest absolute Gasteiger partial charge is 0.162 e. The maximum atomic E-state index is 14.1. The van der Waals surface area contributed by atoms with E-state index in [1.54, 1.807) is 0 Å². The summed E-state index contributed by atoms with van der Waals surface area (Å²) >= 11 is 0. The Balaban J connectivity index is 1.59. The Bertz CT molecular complexity index is 1020. The zero-order valence-corrected chi connectivity index (χ0v) is 15.1. The molecule has 0 spiro atoms. The van der Waals surface area contributed by atoms with Gasteiger partial charge in [0.15, 0.2) is 17.3 Å². The molecule has 3 heterocycles. The molecule has 1 fully saturated rings. The molecule has 1 aromatic carbocycles. The summed E-state index contributed by atoms with van der Waals surface area (Å²) in [7, 11) is 1.91. The Morgan fingerprint density at radius 1 is 1.07 bits per heavy atom. The monoisotopic (exact) mass is 375 g/mol. The van der Waals surface area contributed by atoms with E-state index in [0.29, 0.717) is 25.6 Å². The van der Waals surface area contributed by atoms with Crippen molar-refractivity contribution < 1.29 is 13.2 Å². The minimum absolute atomic E-state index is 0.131. The summed E-state index contributed by atoms with van der Waals surface area (Å²) in [5.74, 6) is -1.73. The molecule has 142 valence electrons. The van der Waals surface area contributed by atoms with E-state index in [1.165, 1.54) is 0 Å². The van der Waals surface area contributed by atoms with E-state index in [9.17, 15) is 13.2 Å². The summed E-state index contributed by atoms with van der Waals surface area (Å²) in [6.45, 7) is 2.95. The lowest BCUT2D eigenvalue weighted by Gasteiger charge is -2.37. The summed E-state index contributed by atoms with van der Waals surface area (Å²) < 4.78 is 42.8. The molecule has 3 aromatic rings. The number of nitrogens with two attached hydrogens (primary N) is 1. The Kier molecular flexibility index (Phi) is 4.30. The number of benzene rings is 1. The number of fused-ring (bicyclic) bond motifs is 1. The van der Waals surface area contributed by atoms with E-state index < -0.39 is 23.5 Å². The molecule has 1 saturated heterocycles. The molecule has 0 saturated carbocycles.